The summed E-state index contributed by atoms with van der Waals surface area (Å²) < 4.78 is 26.0. The second-order valence-electron chi connectivity index (χ2n) is 9.34. The number of nitrogens with zero attached hydrogens (tertiary/aromatic N) is 5. The van der Waals surface area contributed by atoms with E-state index in [9.17, 15) is 23.3 Å². The first-order chi connectivity index (χ1) is 17.1. The largest absolute Gasteiger partial charge is 0.355 e. The lowest BCUT2D eigenvalue weighted by Gasteiger charge is -2.37. The van der Waals surface area contributed by atoms with Gasteiger partial charge in [-0.2, -0.15) is 5.26 Å². The molecule has 0 aliphatic carbocycles. The molecule has 3 aliphatic rings. The number of carbonyl (C=O) groups is 1. The number of aromatic nitrogens is 1. The Bertz CT molecular complexity index is 1320. The molecule has 1 amide bonds. The van der Waals surface area contributed by atoms with Crippen molar-refractivity contribution in [3.8, 4) is 6.07 Å². The third-order valence-electron chi connectivity index (χ3n) is 7.09. The number of thioether (sulfide) groups is 1. The standard InChI is InChI=1S/C24H31N5O4S3/c1-4-7-28-21(27-10-8-26(5-2)9-11-27)18(16(3)19(14-25)22(28)30)13-20-23(31)29(24(34)35-20)17-6-12-36(32,33)15-17/h13,17H,4-12,15H2,1-3H3/b20-13-. The Balaban J connectivity index is 1.82. The Morgan fingerprint density at radius 3 is 2.44 bits per heavy atom. The van der Waals surface area contributed by atoms with Gasteiger partial charge in [-0.3, -0.25) is 19.1 Å². The van der Waals surface area contributed by atoms with Crippen molar-refractivity contribution in [1.82, 2.24) is 14.4 Å². The molecule has 12 heteroatoms. The quantitative estimate of drug-likeness (QED) is 0.389. The molecule has 194 valence electrons. The molecule has 0 aromatic carbocycles. The third kappa shape index (κ3) is 4.98. The summed E-state index contributed by atoms with van der Waals surface area (Å²) in [5.74, 6) is 0.371. The fourth-order valence-electron chi connectivity index (χ4n) is 5.10. The zero-order chi connectivity index (χ0) is 26.2. The summed E-state index contributed by atoms with van der Waals surface area (Å²) in [6.07, 6.45) is 2.83. The smallest absolute Gasteiger partial charge is 0.270 e. The number of piperazine rings is 1. The van der Waals surface area contributed by atoms with E-state index < -0.39 is 15.9 Å². The average Bonchev–Trinajstić information content (AvgIpc) is 3.34. The highest BCUT2D eigenvalue weighted by Crippen LogP contribution is 2.38. The Morgan fingerprint density at radius 2 is 1.89 bits per heavy atom. The lowest BCUT2D eigenvalue weighted by atomic mass is 10.0. The van der Waals surface area contributed by atoms with E-state index in [4.69, 9.17) is 12.2 Å². The van der Waals surface area contributed by atoms with E-state index in [1.165, 1.54) is 4.90 Å². The highest BCUT2D eigenvalue weighted by Gasteiger charge is 2.42. The maximum atomic E-state index is 13.4. The molecule has 1 atom stereocenters. The number of carbonyl (C=O) groups excluding carboxylic acids is 1. The van der Waals surface area contributed by atoms with E-state index in [1.54, 1.807) is 17.6 Å². The topological polar surface area (TPSA) is 107 Å². The van der Waals surface area contributed by atoms with Crippen LogP contribution in [0.5, 0.6) is 0 Å². The van der Waals surface area contributed by atoms with Gasteiger partial charge >= 0.3 is 0 Å². The van der Waals surface area contributed by atoms with Gasteiger partial charge in [-0.15, -0.1) is 0 Å². The number of amides is 1. The van der Waals surface area contributed by atoms with Crippen molar-refractivity contribution in [3.05, 3.63) is 31.9 Å². The Hall–Kier alpha value is -2.20. The summed E-state index contributed by atoms with van der Waals surface area (Å²) in [6, 6.07) is 1.61. The van der Waals surface area contributed by atoms with Crippen LogP contribution in [0.25, 0.3) is 6.08 Å². The van der Waals surface area contributed by atoms with Crippen molar-refractivity contribution >= 4 is 55.9 Å². The fraction of sp³-hybridized carbons (Fsp3) is 0.583. The summed E-state index contributed by atoms with van der Waals surface area (Å²) >= 11 is 6.63. The van der Waals surface area contributed by atoms with Gasteiger partial charge in [0.1, 0.15) is 21.8 Å². The summed E-state index contributed by atoms with van der Waals surface area (Å²) in [5, 5.41) is 9.81. The summed E-state index contributed by atoms with van der Waals surface area (Å²) in [7, 11) is -3.18. The normalized spacial score (nSPS) is 23.6. The van der Waals surface area contributed by atoms with Crippen LogP contribution in [0.15, 0.2) is 9.70 Å². The van der Waals surface area contributed by atoms with Gasteiger partial charge in [-0.1, -0.05) is 37.8 Å². The van der Waals surface area contributed by atoms with Crippen LogP contribution in [0.3, 0.4) is 0 Å². The molecule has 1 unspecified atom stereocenters. The molecule has 3 saturated heterocycles. The minimum absolute atomic E-state index is 0.0499. The zero-order valence-electron chi connectivity index (χ0n) is 20.8. The minimum Gasteiger partial charge on any atom is -0.355 e. The number of pyridine rings is 1. The van der Waals surface area contributed by atoms with Crippen molar-refractivity contribution in [1.29, 1.82) is 5.26 Å². The molecular formula is C24H31N5O4S3. The molecular weight excluding hydrogens is 518 g/mol. The molecule has 0 radical (unpaired) electrons. The Morgan fingerprint density at radius 1 is 1.19 bits per heavy atom. The SMILES string of the molecule is CCCn1c(N2CCN(CC)CC2)c(/C=C2\SC(=S)N(C3CCS(=O)(=O)C3)C2=O)c(C)c(C#N)c1=O. The van der Waals surface area contributed by atoms with Crippen LogP contribution in [0.1, 0.15) is 43.4 Å². The number of hydrogen-bond donors (Lipinski definition) is 0. The second-order valence-corrected chi connectivity index (χ2v) is 13.2. The van der Waals surface area contributed by atoms with Gasteiger partial charge in [-0.05, 0) is 37.9 Å². The Labute approximate surface area is 221 Å². The first-order valence-corrected chi connectivity index (χ1v) is 15.3. The van der Waals surface area contributed by atoms with E-state index in [-0.39, 0.29) is 28.5 Å². The molecule has 4 heterocycles. The van der Waals surface area contributed by atoms with Gasteiger partial charge in [0.2, 0.25) is 0 Å². The van der Waals surface area contributed by atoms with Crippen molar-refractivity contribution in [2.45, 2.75) is 46.2 Å². The van der Waals surface area contributed by atoms with E-state index in [2.05, 4.69) is 22.8 Å². The molecule has 9 nitrogen and oxygen atoms in total. The molecule has 3 aliphatic heterocycles. The minimum atomic E-state index is -3.18. The first-order valence-electron chi connectivity index (χ1n) is 12.2. The lowest BCUT2D eigenvalue weighted by Crippen LogP contribution is -2.48. The van der Waals surface area contributed by atoms with Gasteiger partial charge < -0.3 is 9.80 Å². The average molecular weight is 550 g/mol. The molecule has 0 spiro atoms. The van der Waals surface area contributed by atoms with Gasteiger partial charge in [0.05, 0.1) is 22.5 Å². The number of rotatable bonds is 6. The van der Waals surface area contributed by atoms with E-state index in [1.807, 2.05) is 6.92 Å². The van der Waals surface area contributed by atoms with Crippen LogP contribution < -0.4 is 10.5 Å². The van der Waals surface area contributed by atoms with Gasteiger partial charge in [0.25, 0.3) is 11.5 Å². The molecule has 0 bridgehead atoms. The molecule has 4 rings (SSSR count). The number of sulfone groups is 1. The van der Waals surface area contributed by atoms with E-state index in [0.29, 0.717) is 39.7 Å². The van der Waals surface area contributed by atoms with Crippen LogP contribution >= 0.6 is 24.0 Å². The highest BCUT2D eigenvalue weighted by molar-refractivity contribution is 8.26. The molecule has 1 aromatic rings. The van der Waals surface area contributed by atoms with Crippen LogP contribution in [0.4, 0.5) is 5.82 Å². The number of nitriles is 1. The second kappa shape index (κ2) is 10.7. The number of hydrogen-bond acceptors (Lipinski definition) is 9. The van der Waals surface area contributed by atoms with Crippen LogP contribution in [0.2, 0.25) is 0 Å². The maximum absolute atomic E-state index is 13.4. The van der Waals surface area contributed by atoms with Crippen molar-refractivity contribution in [3.63, 3.8) is 0 Å². The lowest BCUT2D eigenvalue weighted by molar-refractivity contribution is -0.123. The predicted molar refractivity (Wildman–Crippen MR) is 147 cm³/mol. The molecule has 3 fully saturated rings. The summed E-state index contributed by atoms with van der Waals surface area (Å²) in [6.45, 7) is 10.4. The Kier molecular flexibility index (Phi) is 7.95. The monoisotopic (exact) mass is 549 g/mol. The molecule has 1 aromatic heterocycles. The first kappa shape index (κ1) is 26.9. The summed E-state index contributed by atoms with van der Waals surface area (Å²) in [4.78, 5) is 33.1. The molecule has 36 heavy (non-hydrogen) atoms. The molecule has 0 saturated carbocycles. The van der Waals surface area contributed by atoms with Crippen molar-refractivity contribution in [2.75, 3.05) is 49.1 Å². The van der Waals surface area contributed by atoms with Gasteiger partial charge in [0, 0.05) is 38.3 Å². The van der Waals surface area contributed by atoms with E-state index in [0.717, 1.165) is 50.3 Å². The van der Waals surface area contributed by atoms with Gasteiger partial charge in [0.15, 0.2) is 9.84 Å². The number of likely N-dealkylation sites (N-methyl/N-ethyl adjacent to an activating group) is 1. The summed E-state index contributed by atoms with van der Waals surface area (Å²) in [5.41, 5.74) is 0.967. The van der Waals surface area contributed by atoms with Gasteiger partial charge in [-0.25, -0.2) is 8.42 Å². The van der Waals surface area contributed by atoms with Crippen molar-refractivity contribution in [2.24, 2.45) is 0 Å². The number of thiocarbonyl (C=S) groups is 1. The van der Waals surface area contributed by atoms with Crippen LogP contribution in [0, 0.1) is 18.3 Å². The number of anilines is 1. The van der Waals surface area contributed by atoms with E-state index >= 15 is 0 Å². The molecule has 0 N–H and O–H groups in total. The van der Waals surface area contributed by atoms with Crippen LogP contribution in [-0.4, -0.2) is 83.3 Å². The third-order valence-corrected chi connectivity index (χ3v) is 10.2. The predicted octanol–water partition coefficient (Wildman–Crippen LogP) is 1.97. The van der Waals surface area contributed by atoms with Crippen molar-refractivity contribution < 1.29 is 13.2 Å². The zero-order valence-corrected chi connectivity index (χ0v) is 23.3. The van der Waals surface area contributed by atoms with Crippen LogP contribution in [-0.2, 0) is 21.2 Å². The maximum Gasteiger partial charge on any atom is 0.270 e. The highest BCUT2D eigenvalue weighted by atomic mass is 32.2. The fourth-order valence-corrected chi connectivity index (χ4v) is 8.18.